The number of aryl methyl sites for hydroxylation is 2. The van der Waals surface area contributed by atoms with Crippen molar-refractivity contribution in [3.05, 3.63) is 41.1 Å². The highest BCUT2D eigenvalue weighted by molar-refractivity contribution is 6.06. The van der Waals surface area contributed by atoms with Crippen molar-refractivity contribution < 1.29 is 18.0 Å². The minimum absolute atomic E-state index is 0.0303. The van der Waals surface area contributed by atoms with E-state index in [1.807, 2.05) is 25.1 Å². The molecule has 2 heterocycles. The smallest absolute Gasteiger partial charge is 0.327 e. The molecule has 1 atom stereocenters. The Hall–Kier alpha value is -2.11. The molecule has 1 amide bonds. The third-order valence-corrected chi connectivity index (χ3v) is 4.53. The van der Waals surface area contributed by atoms with Gasteiger partial charge in [0.15, 0.2) is 0 Å². The SMILES string of the molecule is CCc1ccc2nc(C)cc(C(=O)N3CCCC3C(F)(F)F)c2c1. The van der Waals surface area contributed by atoms with Crippen LogP contribution in [0.2, 0.25) is 0 Å². The fraction of sp³-hybridized carbons (Fsp3) is 0.444. The van der Waals surface area contributed by atoms with Gasteiger partial charge < -0.3 is 4.90 Å². The van der Waals surface area contributed by atoms with Crippen molar-refractivity contribution in [1.82, 2.24) is 9.88 Å². The first-order valence-corrected chi connectivity index (χ1v) is 8.09. The number of carbonyl (C=O) groups excluding carboxylic acids is 1. The average molecular weight is 336 g/mol. The Morgan fingerprint density at radius 3 is 2.75 bits per heavy atom. The van der Waals surface area contributed by atoms with E-state index in [1.54, 1.807) is 13.0 Å². The molecule has 1 aromatic carbocycles. The minimum Gasteiger partial charge on any atom is -0.327 e. The highest BCUT2D eigenvalue weighted by atomic mass is 19.4. The molecule has 1 saturated heterocycles. The summed E-state index contributed by atoms with van der Waals surface area (Å²) in [4.78, 5) is 18.2. The van der Waals surface area contributed by atoms with Crippen LogP contribution < -0.4 is 0 Å². The molecule has 0 N–H and O–H groups in total. The Balaban J connectivity index is 2.09. The van der Waals surface area contributed by atoms with Crippen LogP contribution in [0.25, 0.3) is 10.9 Å². The third-order valence-electron chi connectivity index (χ3n) is 4.53. The van der Waals surface area contributed by atoms with E-state index in [1.165, 1.54) is 0 Å². The van der Waals surface area contributed by atoms with Crippen LogP contribution in [0, 0.1) is 6.92 Å². The molecule has 2 aromatic rings. The Morgan fingerprint density at radius 2 is 2.08 bits per heavy atom. The van der Waals surface area contributed by atoms with E-state index in [0.717, 1.165) is 16.9 Å². The average Bonchev–Trinajstić information content (AvgIpc) is 3.02. The zero-order valence-electron chi connectivity index (χ0n) is 13.7. The molecule has 1 aliphatic heterocycles. The number of hydrogen-bond donors (Lipinski definition) is 0. The molecule has 3 nitrogen and oxygen atoms in total. The predicted octanol–water partition coefficient (Wildman–Crippen LogP) is 4.27. The van der Waals surface area contributed by atoms with Crippen molar-refractivity contribution in [2.24, 2.45) is 0 Å². The lowest BCUT2D eigenvalue weighted by Crippen LogP contribution is -2.44. The van der Waals surface area contributed by atoms with Gasteiger partial charge in [0.25, 0.3) is 5.91 Å². The number of carbonyl (C=O) groups is 1. The number of hydrogen-bond acceptors (Lipinski definition) is 2. The van der Waals surface area contributed by atoms with Gasteiger partial charge >= 0.3 is 6.18 Å². The quantitative estimate of drug-likeness (QED) is 0.820. The highest BCUT2D eigenvalue weighted by Gasteiger charge is 2.48. The summed E-state index contributed by atoms with van der Waals surface area (Å²) in [6.07, 6.45) is -3.26. The van der Waals surface area contributed by atoms with E-state index in [4.69, 9.17) is 0 Å². The highest BCUT2D eigenvalue weighted by Crippen LogP contribution is 2.34. The number of amides is 1. The summed E-state index contributed by atoms with van der Waals surface area (Å²) >= 11 is 0. The molecule has 128 valence electrons. The maximum Gasteiger partial charge on any atom is 0.408 e. The molecule has 0 bridgehead atoms. The van der Waals surface area contributed by atoms with E-state index in [0.29, 0.717) is 28.6 Å². The molecule has 1 fully saturated rings. The Labute approximate surface area is 138 Å². The summed E-state index contributed by atoms with van der Waals surface area (Å²) in [7, 11) is 0. The molecule has 24 heavy (non-hydrogen) atoms. The topological polar surface area (TPSA) is 33.2 Å². The molecule has 1 aromatic heterocycles. The van der Waals surface area contributed by atoms with Crippen LogP contribution >= 0.6 is 0 Å². The molecule has 1 unspecified atom stereocenters. The van der Waals surface area contributed by atoms with E-state index in [2.05, 4.69) is 4.98 Å². The summed E-state index contributed by atoms with van der Waals surface area (Å²) in [5.41, 5.74) is 2.59. The van der Waals surface area contributed by atoms with Gasteiger partial charge in [-0.25, -0.2) is 0 Å². The number of likely N-dealkylation sites (tertiary alicyclic amines) is 1. The van der Waals surface area contributed by atoms with Gasteiger partial charge in [-0.1, -0.05) is 13.0 Å². The van der Waals surface area contributed by atoms with E-state index in [-0.39, 0.29) is 13.0 Å². The van der Waals surface area contributed by atoms with Gasteiger partial charge in [0.05, 0.1) is 11.1 Å². The summed E-state index contributed by atoms with van der Waals surface area (Å²) < 4.78 is 39.6. The van der Waals surface area contributed by atoms with Gasteiger partial charge in [0.1, 0.15) is 6.04 Å². The summed E-state index contributed by atoms with van der Waals surface area (Å²) in [6.45, 7) is 3.87. The van der Waals surface area contributed by atoms with Crippen LogP contribution in [0.15, 0.2) is 24.3 Å². The van der Waals surface area contributed by atoms with Crippen LogP contribution in [0.3, 0.4) is 0 Å². The third kappa shape index (κ3) is 2.97. The van der Waals surface area contributed by atoms with Gasteiger partial charge in [-0.2, -0.15) is 13.2 Å². The fourth-order valence-electron chi connectivity index (χ4n) is 3.31. The van der Waals surface area contributed by atoms with Crippen molar-refractivity contribution in [2.45, 2.75) is 45.3 Å². The monoisotopic (exact) mass is 336 g/mol. The normalized spacial score (nSPS) is 18.4. The molecular formula is C18H19F3N2O. The second-order valence-corrected chi connectivity index (χ2v) is 6.21. The number of alkyl halides is 3. The number of nitrogens with zero attached hydrogens (tertiary/aromatic N) is 2. The lowest BCUT2D eigenvalue weighted by molar-refractivity contribution is -0.169. The first-order chi connectivity index (χ1) is 11.3. The van der Waals surface area contributed by atoms with Crippen LogP contribution in [0.4, 0.5) is 13.2 Å². The zero-order chi connectivity index (χ0) is 17.5. The molecule has 0 radical (unpaired) electrons. The van der Waals surface area contributed by atoms with E-state index in [9.17, 15) is 18.0 Å². The molecule has 3 rings (SSSR count). The number of rotatable bonds is 2. The number of benzene rings is 1. The van der Waals surface area contributed by atoms with Gasteiger partial charge in [-0.15, -0.1) is 0 Å². The first kappa shape index (κ1) is 16.7. The fourth-order valence-corrected chi connectivity index (χ4v) is 3.31. The van der Waals surface area contributed by atoms with Gasteiger partial charge in [-0.05, 0) is 49.9 Å². The van der Waals surface area contributed by atoms with Crippen LogP contribution in [-0.4, -0.2) is 34.6 Å². The first-order valence-electron chi connectivity index (χ1n) is 8.09. The second kappa shape index (κ2) is 6.07. The van der Waals surface area contributed by atoms with Crippen molar-refractivity contribution in [2.75, 3.05) is 6.54 Å². The maximum atomic E-state index is 13.2. The molecular weight excluding hydrogens is 317 g/mol. The number of halogens is 3. The molecule has 0 aliphatic carbocycles. The van der Waals surface area contributed by atoms with Gasteiger partial charge in [0.2, 0.25) is 0 Å². The van der Waals surface area contributed by atoms with E-state index < -0.39 is 18.1 Å². The number of pyridine rings is 1. The summed E-state index contributed by atoms with van der Waals surface area (Å²) in [5, 5.41) is 0.623. The Bertz CT molecular complexity index is 786. The number of aromatic nitrogens is 1. The summed E-state index contributed by atoms with van der Waals surface area (Å²) in [6, 6.07) is 5.51. The molecule has 0 spiro atoms. The van der Waals surface area contributed by atoms with Crippen molar-refractivity contribution in [3.63, 3.8) is 0 Å². The summed E-state index contributed by atoms with van der Waals surface area (Å²) in [5.74, 6) is -0.557. The van der Waals surface area contributed by atoms with Gasteiger partial charge in [0, 0.05) is 17.6 Å². The van der Waals surface area contributed by atoms with E-state index >= 15 is 0 Å². The number of fused-ring (bicyclic) bond motifs is 1. The Morgan fingerprint density at radius 1 is 1.33 bits per heavy atom. The molecule has 0 saturated carbocycles. The minimum atomic E-state index is -4.39. The lowest BCUT2D eigenvalue weighted by Gasteiger charge is -2.27. The van der Waals surface area contributed by atoms with Crippen LogP contribution in [0.1, 0.15) is 41.4 Å². The van der Waals surface area contributed by atoms with Crippen molar-refractivity contribution >= 4 is 16.8 Å². The van der Waals surface area contributed by atoms with Crippen molar-refractivity contribution in [3.8, 4) is 0 Å². The molecule has 1 aliphatic rings. The Kier molecular flexibility index (Phi) is 4.24. The molecule has 6 heteroatoms. The van der Waals surface area contributed by atoms with Gasteiger partial charge in [-0.3, -0.25) is 9.78 Å². The van der Waals surface area contributed by atoms with Crippen LogP contribution in [0.5, 0.6) is 0 Å². The maximum absolute atomic E-state index is 13.2. The van der Waals surface area contributed by atoms with Crippen molar-refractivity contribution in [1.29, 1.82) is 0 Å². The predicted molar refractivity (Wildman–Crippen MR) is 86.0 cm³/mol. The lowest BCUT2D eigenvalue weighted by atomic mass is 10.0. The van der Waals surface area contributed by atoms with Crippen LogP contribution in [-0.2, 0) is 6.42 Å². The standard InChI is InChI=1S/C18H19F3N2O/c1-3-12-6-7-15-13(10-12)14(9-11(2)22-15)17(24)23-8-4-5-16(23)18(19,20)21/h6-7,9-10,16H,3-5,8H2,1-2H3. The second-order valence-electron chi connectivity index (χ2n) is 6.21. The largest absolute Gasteiger partial charge is 0.408 e. The zero-order valence-corrected chi connectivity index (χ0v) is 13.7.